The molecule has 16 heteroatoms. The first-order valence-electron chi connectivity index (χ1n) is 11.7. The van der Waals surface area contributed by atoms with Crippen LogP contribution in [0.2, 0.25) is 0 Å². The minimum Gasteiger partial charge on any atom is -0.491 e. The first-order chi connectivity index (χ1) is 19.3. The fourth-order valence-corrected chi connectivity index (χ4v) is 7.19. The van der Waals surface area contributed by atoms with E-state index in [1.165, 1.54) is 24.3 Å². The van der Waals surface area contributed by atoms with Gasteiger partial charge in [-0.2, -0.15) is 21.6 Å². The van der Waals surface area contributed by atoms with Gasteiger partial charge in [0.05, 0.1) is 24.1 Å². The van der Waals surface area contributed by atoms with Crippen LogP contribution in [0, 0.1) is 0 Å². The highest BCUT2D eigenvalue weighted by Crippen LogP contribution is 2.34. The quantitative estimate of drug-likeness (QED) is 0.195. The Morgan fingerprint density at radius 2 is 1.00 bits per heavy atom. The molecule has 0 heterocycles. The molecule has 0 bridgehead atoms. The number of hydrogen-bond donors (Lipinski definition) is 1. The van der Waals surface area contributed by atoms with E-state index >= 15 is 0 Å². The summed E-state index contributed by atoms with van der Waals surface area (Å²) in [6.45, 7) is 1.59. The molecule has 0 spiro atoms. The molecule has 0 fully saturated rings. The molecule has 0 aliphatic rings. The van der Waals surface area contributed by atoms with Gasteiger partial charge in [-0.15, -0.1) is 0 Å². The second-order valence-electron chi connectivity index (χ2n) is 7.97. The number of halogens is 3. The molecular weight excluding hydrogens is 611 g/mol. The molecule has 0 saturated heterocycles. The van der Waals surface area contributed by atoms with Crippen molar-refractivity contribution in [2.24, 2.45) is 0 Å². The second kappa shape index (κ2) is 14.2. The standard InChI is InChI=1S/C25H27F3NO9S3/c1-34-15-17-36-19-3-9-22(10-4-19)39(23-11-5-20(6-12-23)37-18-16-35-2)24-13-7-21(8-14-24)38-41(32,33)29-40(30,31)25(26,27)28/h3-14,29H,15-18H2,1-2H3/q+1. The molecule has 41 heavy (non-hydrogen) atoms. The largest absolute Gasteiger partial charge is 0.512 e. The Morgan fingerprint density at radius 3 is 1.34 bits per heavy atom. The van der Waals surface area contributed by atoms with E-state index in [2.05, 4.69) is 4.18 Å². The van der Waals surface area contributed by atoms with Gasteiger partial charge in [0.2, 0.25) is 0 Å². The van der Waals surface area contributed by atoms with Crippen LogP contribution in [-0.2, 0) is 40.7 Å². The lowest BCUT2D eigenvalue weighted by atomic mass is 10.3. The van der Waals surface area contributed by atoms with E-state index in [0.29, 0.717) is 46.9 Å². The molecule has 0 aliphatic heterocycles. The molecular formula is C25H27F3NO9S3+. The third-order valence-corrected chi connectivity index (χ3v) is 9.96. The molecule has 0 atom stereocenters. The Morgan fingerprint density at radius 1 is 0.634 bits per heavy atom. The lowest BCUT2D eigenvalue weighted by Gasteiger charge is -2.12. The van der Waals surface area contributed by atoms with E-state index in [-0.39, 0.29) is 0 Å². The minimum absolute atomic E-state index is 0.371. The van der Waals surface area contributed by atoms with Crippen molar-refractivity contribution in [1.82, 2.24) is 4.13 Å². The number of benzene rings is 3. The van der Waals surface area contributed by atoms with Crippen LogP contribution >= 0.6 is 0 Å². The highest BCUT2D eigenvalue weighted by Gasteiger charge is 2.49. The van der Waals surface area contributed by atoms with E-state index in [9.17, 15) is 30.0 Å². The van der Waals surface area contributed by atoms with Crippen molar-refractivity contribution in [3.05, 3.63) is 72.8 Å². The first kappa shape index (κ1) is 32.5. The number of sulfonamides is 1. The highest BCUT2D eigenvalue weighted by atomic mass is 32.3. The summed E-state index contributed by atoms with van der Waals surface area (Å²) in [7, 11) is -9.12. The van der Waals surface area contributed by atoms with Crippen molar-refractivity contribution < 1.29 is 53.1 Å². The molecule has 0 aliphatic carbocycles. The zero-order valence-electron chi connectivity index (χ0n) is 21.8. The van der Waals surface area contributed by atoms with Gasteiger partial charge in [0.25, 0.3) is 0 Å². The Kier molecular flexibility index (Phi) is 11.3. The van der Waals surface area contributed by atoms with E-state index in [1.807, 2.05) is 24.3 Å². The Labute approximate surface area is 239 Å². The van der Waals surface area contributed by atoms with E-state index in [0.717, 1.165) is 9.79 Å². The lowest BCUT2D eigenvalue weighted by Crippen LogP contribution is -2.42. The molecule has 1 N–H and O–H groups in total. The van der Waals surface area contributed by atoms with E-state index < -0.39 is 42.5 Å². The Bertz CT molecular complexity index is 1410. The van der Waals surface area contributed by atoms with Crippen molar-refractivity contribution in [2.75, 3.05) is 40.6 Å². The summed E-state index contributed by atoms with van der Waals surface area (Å²) < 4.78 is 110. The Balaban J connectivity index is 1.88. The van der Waals surface area contributed by atoms with E-state index in [4.69, 9.17) is 18.9 Å². The van der Waals surface area contributed by atoms with Crippen LogP contribution in [0.15, 0.2) is 87.5 Å². The van der Waals surface area contributed by atoms with Crippen LogP contribution in [0.5, 0.6) is 17.2 Å². The second-order valence-corrected chi connectivity index (χ2v) is 13.2. The van der Waals surface area contributed by atoms with Crippen LogP contribution in [-0.4, -0.2) is 63.0 Å². The summed E-state index contributed by atoms with van der Waals surface area (Å²) in [6, 6.07) is 20.1. The smallest absolute Gasteiger partial charge is 0.491 e. The average Bonchev–Trinajstić information content (AvgIpc) is 2.90. The molecule has 3 rings (SSSR count). The molecule has 10 nitrogen and oxygen atoms in total. The maximum absolute atomic E-state index is 12.6. The third kappa shape index (κ3) is 9.51. The highest BCUT2D eigenvalue weighted by molar-refractivity contribution is 8.03. The zero-order chi connectivity index (χ0) is 30.1. The van der Waals surface area contributed by atoms with Gasteiger partial charge in [-0.3, -0.25) is 0 Å². The maximum Gasteiger partial charge on any atom is 0.512 e. The van der Waals surface area contributed by atoms with Crippen molar-refractivity contribution in [1.29, 1.82) is 0 Å². The summed E-state index contributed by atoms with van der Waals surface area (Å²) in [5.41, 5.74) is -5.84. The van der Waals surface area contributed by atoms with Crippen LogP contribution in [0.3, 0.4) is 0 Å². The van der Waals surface area contributed by atoms with Crippen molar-refractivity contribution in [2.45, 2.75) is 20.2 Å². The van der Waals surface area contributed by atoms with Crippen LogP contribution in [0.1, 0.15) is 0 Å². The van der Waals surface area contributed by atoms with Crippen molar-refractivity contribution in [3.8, 4) is 17.2 Å². The summed E-state index contributed by atoms with van der Waals surface area (Å²) in [4.78, 5) is 2.44. The first-order valence-corrected chi connectivity index (χ1v) is 15.8. The van der Waals surface area contributed by atoms with Crippen molar-refractivity contribution in [3.63, 3.8) is 0 Å². The van der Waals surface area contributed by atoms with Gasteiger partial charge in [0.15, 0.2) is 14.7 Å². The molecule has 3 aromatic rings. The zero-order valence-corrected chi connectivity index (χ0v) is 24.2. The molecule has 3 aromatic carbocycles. The van der Waals surface area contributed by atoms with Gasteiger partial charge in [-0.05, 0) is 72.8 Å². The maximum atomic E-state index is 12.6. The topological polar surface area (TPSA) is 126 Å². The summed E-state index contributed by atoms with van der Waals surface area (Å²) in [5, 5.41) is 0. The summed E-state index contributed by atoms with van der Waals surface area (Å²) >= 11 is 0. The number of rotatable bonds is 15. The molecule has 0 saturated carbocycles. The van der Waals surface area contributed by atoms with Gasteiger partial charge < -0.3 is 23.1 Å². The minimum atomic E-state index is -6.19. The predicted molar refractivity (Wildman–Crippen MR) is 144 cm³/mol. The normalized spacial score (nSPS) is 12.3. The molecule has 0 unspecified atom stereocenters. The number of alkyl halides is 3. The van der Waals surface area contributed by atoms with Crippen molar-refractivity contribution >= 4 is 31.2 Å². The van der Waals surface area contributed by atoms with Crippen LogP contribution in [0.25, 0.3) is 0 Å². The number of ether oxygens (including phenoxy) is 4. The molecule has 0 aromatic heterocycles. The number of methoxy groups -OCH3 is 2. The number of hydrogen-bond acceptors (Lipinski definition) is 9. The average molecular weight is 639 g/mol. The van der Waals surface area contributed by atoms with Gasteiger partial charge in [-0.1, -0.05) is 4.13 Å². The fraction of sp³-hybridized carbons (Fsp3) is 0.280. The molecule has 0 amide bonds. The SMILES string of the molecule is COCCOc1ccc([S+](c2ccc(OCCOC)cc2)c2ccc(OS(=O)(=O)NS(=O)(=O)C(F)(F)F)cc2)cc1. The fourth-order valence-electron chi connectivity index (χ4n) is 3.19. The lowest BCUT2D eigenvalue weighted by molar-refractivity contribution is -0.0442. The summed E-state index contributed by atoms with van der Waals surface area (Å²) in [6.07, 6.45) is 0. The van der Waals surface area contributed by atoms with Crippen LogP contribution < -0.4 is 17.8 Å². The predicted octanol–water partition coefficient (Wildman–Crippen LogP) is 3.90. The van der Waals surface area contributed by atoms with Gasteiger partial charge >= 0.3 is 25.8 Å². The molecule has 224 valence electrons. The van der Waals surface area contributed by atoms with Crippen LogP contribution in [0.4, 0.5) is 13.2 Å². The monoisotopic (exact) mass is 638 g/mol. The van der Waals surface area contributed by atoms with Gasteiger partial charge in [-0.25, -0.2) is 8.42 Å². The summed E-state index contributed by atoms with van der Waals surface area (Å²) in [5.74, 6) is 0.865. The third-order valence-electron chi connectivity index (χ3n) is 5.01. The van der Waals surface area contributed by atoms with Gasteiger partial charge in [0, 0.05) is 14.2 Å². The van der Waals surface area contributed by atoms with Gasteiger partial charge in [0.1, 0.15) is 30.5 Å². The number of nitrogens with one attached hydrogen (secondary N) is 1. The van der Waals surface area contributed by atoms with E-state index in [1.54, 1.807) is 38.5 Å². The Hall–Kier alpha value is -3.02. The molecule has 0 radical (unpaired) electrons.